The second kappa shape index (κ2) is 7.87. The normalized spacial score (nSPS) is 21.1. The average molecular weight is 343 g/mol. The number of ether oxygens (including phenoxy) is 2. The van der Waals surface area contributed by atoms with Gasteiger partial charge in [0.15, 0.2) is 11.6 Å². The number of halogens is 1. The number of rotatable bonds is 6. The highest BCUT2D eigenvalue weighted by Crippen LogP contribution is 2.28. The lowest BCUT2D eigenvalue weighted by molar-refractivity contribution is 0.00198. The van der Waals surface area contributed by atoms with Gasteiger partial charge in [-0.15, -0.1) is 0 Å². The zero-order valence-corrected chi connectivity index (χ0v) is 15.0. The van der Waals surface area contributed by atoms with Crippen LogP contribution in [-0.4, -0.2) is 36.7 Å². The summed E-state index contributed by atoms with van der Waals surface area (Å²) in [5, 5.41) is 0. The summed E-state index contributed by atoms with van der Waals surface area (Å²) >= 11 is 0. The number of para-hydroxylation sites is 1. The zero-order valence-electron chi connectivity index (χ0n) is 15.0. The van der Waals surface area contributed by atoms with Crippen molar-refractivity contribution in [1.29, 1.82) is 0 Å². The summed E-state index contributed by atoms with van der Waals surface area (Å²) in [5.41, 5.74) is 0.997. The van der Waals surface area contributed by atoms with Crippen LogP contribution in [0.2, 0.25) is 0 Å². The molecule has 0 amide bonds. The van der Waals surface area contributed by atoms with E-state index in [0.29, 0.717) is 12.4 Å². The number of likely N-dealkylation sites (tertiary alicyclic amines) is 1. The SMILES string of the molecule is Cc1cccc(OC2(C)CCCN(CCOc3ccccc3F)C2)c1. The van der Waals surface area contributed by atoms with Crippen LogP contribution < -0.4 is 9.47 Å². The number of aryl methyl sites for hydroxylation is 1. The second-order valence-corrected chi connectivity index (χ2v) is 7.03. The first kappa shape index (κ1) is 17.7. The van der Waals surface area contributed by atoms with E-state index < -0.39 is 0 Å². The van der Waals surface area contributed by atoms with Crippen LogP contribution in [0.1, 0.15) is 25.3 Å². The smallest absolute Gasteiger partial charge is 0.165 e. The molecule has 0 spiro atoms. The fourth-order valence-electron chi connectivity index (χ4n) is 3.39. The lowest BCUT2D eigenvalue weighted by Gasteiger charge is -2.40. The molecule has 1 saturated heterocycles. The van der Waals surface area contributed by atoms with Crippen LogP contribution in [0.5, 0.6) is 11.5 Å². The molecule has 1 heterocycles. The van der Waals surface area contributed by atoms with Gasteiger partial charge in [0.2, 0.25) is 0 Å². The molecule has 25 heavy (non-hydrogen) atoms. The number of nitrogens with zero attached hydrogens (tertiary/aromatic N) is 1. The van der Waals surface area contributed by atoms with Crippen LogP contribution in [0.25, 0.3) is 0 Å². The Bertz CT molecular complexity index is 706. The van der Waals surface area contributed by atoms with Crippen molar-refractivity contribution in [3.63, 3.8) is 0 Å². The van der Waals surface area contributed by atoms with Crippen LogP contribution in [0, 0.1) is 12.7 Å². The van der Waals surface area contributed by atoms with Gasteiger partial charge in [-0.2, -0.15) is 0 Å². The third-order valence-corrected chi connectivity index (χ3v) is 4.59. The number of benzene rings is 2. The maximum absolute atomic E-state index is 13.6. The molecule has 3 nitrogen and oxygen atoms in total. The van der Waals surface area contributed by atoms with E-state index in [1.807, 2.05) is 12.1 Å². The Labute approximate surface area is 149 Å². The molecule has 0 radical (unpaired) electrons. The summed E-state index contributed by atoms with van der Waals surface area (Å²) in [5.74, 6) is 0.930. The molecule has 0 aliphatic carbocycles. The Morgan fingerprint density at radius 3 is 2.80 bits per heavy atom. The molecule has 4 heteroatoms. The van der Waals surface area contributed by atoms with E-state index in [4.69, 9.17) is 9.47 Å². The molecule has 1 aliphatic heterocycles. The minimum atomic E-state index is -0.311. The third-order valence-electron chi connectivity index (χ3n) is 4.59. The van der Waals surface area contributed by atoms with Gasteiger partial charge in [-0.25, -0.2) is 4.39 Å². The molecule has 1 fully saturated rings. The van der Waals surface area contributed by atoms with Gasteiger partial charge < -0.3 is 9.47 Å². The van der Waals surface area contributed by atoms with Crippen molar-refractivity contribution in [2.24, 2.45) is 0 Å². The minimum absolute atomic E-state index is 0.204. The third kappa shape index (κ3) is 4.95. The quantitative estimate of drug-likeness (QED) is 0.774. The molecule has 2 aromatic carbocycles. The van der Waals surface area contributed by atoms with E-state index in [1.54, 1.807) is 18.2 Å². The summed E-state index contributed by atoms with van der Waals surface area (Å²) in [6.07, 6.45) is 2.12. The Kier molecular flexibility index (Phi) is 5.59. The molecule has 0 N–H and O–H groups in total. The first-order valence-corrected chi connectivity index (χ1v) is 8.89. The molecule has 0 aromatic heterocycles. The zero-order chi connectivity index (χ0) is 17.7. The van der Waals surface area contributed by atoms with E-state index >= 15 is 0 Å². The molecule has 0 saturated carbocycles. The molecule has 3 rings (SSSR count). The summed E-state index contributed by atoms with van der Waals surface area (Å²) < 4.78 is 25.5. The van der Waals surface area contributed by atoms with Crippen molar-refractivity contribution in [2.75, 3.05) is 26.2 Å². The van der Waals surface area contributed by atoms with Crippen LogP contribution in [0.3, 0.4) is 0 Å². The molecule has 1 aliphatic rings. The van der Waals surface area contributed by atoms with Crippen LogP contribution >= 0.6 is 0 Å². The molecule has 134 valence electrons. The predicted octanol–water partition coefficient (Wildman–Crippen LogP) is 4.45. The fourth-order valence-corrected chi connectivity index (χ4v) is 3.39. The molecule has 1 atom stereocenters. The fraction of sp³-hybridized carbons (Fsp3) is 0.429. The molecular weight excluding hydrogens is 317 g/mol. The van der Waals surface area contributed by atoms with Gasteiger partial charge in [0.25, 0.3) is 0 Å². The summed E-state index contributed by atoms with van der Waals surface area (Å²) in [6.45, 7) is 7.35. The number of piperidine rings is 1. The minimum Gasteiger partial charge on any atom is -0.489 e. The average Bonchev–Trinajstić information content (AvgIpc) is 2.56. The van der Waals surface area contributed by atoms with E-state index in [2.05, 4.69) is 30.9 Å². The lowest BCUT2D eigenvalue weighted by atomic mass is 9.94. The first-order chi connectivity index (χ1) is 12.0. The van der Waals surface area contributed by atoms with Crippen molar-refractivity contribution in [3.8, 4) is 11.5 Å². The molecule has 2 aromatic rings. The van der Waals surface area contributed by atoms with Crippen LogP contribution in [0.15, 0.2) is 48.5 Å². The van der Waals surface area contributed by atoms with Crippen molar-refractivity contribution in [3.05, 3.63) is 59.9 Å². The topological polar surface area (TPSA) is 21.7 Å². The Morgan fingerprint density at radius 2 is 2.00 bits per heavy atom. The Morgan fingerprint density at radius 1 is 1.16 bits per heavy atom. The van der Waals surface area contributed by atoms with E-state index in [9.17, 15) is 4.39 Å². The first-order valence-electron chi connectivity index (χ1n) is 8.89. The van der Waals surface area contributed by atoms with Crippen molar-refractivity contribution < 1.29 is 13.9 Å². The Balaban J connectivity index is 1.53. The van der Waals surface area contributed by atoms with Gasteiger partial charge in [0, 0.05) is 13.1 Å². The van der Waals surface area contributed by atoms with Crippen molar-refractivity contribution >= 4 is 0 Å². The highest BCUT2D eigenvalue weighted by Gasteiger charge is 2.32. The largest absolute Gasteiger partial charge is 0.489 e. The van der Waals surface area contributed by atoms with E-state index in [1.165, 1.54) is 11.6 Å². The Hall–Kier alpha value is -2.07. The number of hydrogen-bond acceptors (Lipinski definition) is 3. The summed E-state index contributed by atoms with van der Waals surface area (Å²) in [6, 6.07) is 14.7. The summed E-state index contributed by atoms with van der Waals surface area (Å²) in [4.78, 5) is 2.33. The van der Waals surface area contributed by atoms with E-state index in [-0.39, 0.29) is 11.4 Å². The van der Waals surface area contributed by atoms with Gasteiger partial charge in [0.1, 0.15) is 18.0 Å². The molecule has 0 bridgehead atoms. The van der Waals surface area contributed by atoms with Crippen molar-refractivity contribution in [2.45, 2.75) is 32.3 Å². The van der Waals surface area contributed by atoms with Gasteiger partial charge >= 0.3 is 0 Å². The maximum atomic E-state index is 13.6. The maximum Gasteiger partial charge on any atom is 0.165 e. The predicted molar refractivity (Wildman–Crippen MR) is 97.8 cm³/mol. The number of hydrogen-bond donors (Lipinski definition) is 0. The standard InChI is InChI=1S/C21H26FNO2/c1-17-7-5-8-18(15-17)25-21(2)11-6-12-23(16-21)13-14-24-20-10-4-3-9-19(20)22/h3-5,7-10,15H,6,11-14,16H2,1-2H3. The monoisotopic (exact) mass is 343 g/mol. The van der Waals surface area contributed by atoms with Crippen molar-refractivity contribution in [1.82, 2.24) is 4.90 Å². The van der Waals surface area contributed by atoms with Crippen LogP contribution in [-0.2, 0) is 0 Å². The van der Waals surface area contributed by atoms with Gasteiger partial charge in [-0.3, -0.25) is 4.90 Å². The second-order valence-electron chi connectivity index (χ2n) is 7.03. The van der Waals surface area contributed by atoms with Gasteiger partial charge in [-0.05, 0) is 63.1 Å². The molecular formula is C21H26FNO2. The lowest BCUT2D eigenvalue weighted by Crippen LogP contribution is -2.50. The van der Waals surface area contributed by atoms with Crippen LogP contribution in [0.4, 0.5) is 4.39 Å². The molecule has 1 unspecified atom stereocenters. The van der Waals surface area contributed by atoms with E-state index in [0.717, 1.165) is 38.2 Å². The van der Waals surface area contributed by atoms with Gasteiger partial charge in [0.05, 0.1) is 0 Å². The highest BCUT2D eigenvalue weighted by atomic mass is 19.1. The summed E-state index contributed by atoms with van der Waals surface area (Å²) in [7, 11) is 0. The highest BCUT2D eigenvalue weighted by molar-refractivity contribution is 5.28. The van der Waals surface area contributed by atoms with Gasteiger partial charge in [-0.1, -0.05) is 24.3 Å².